The minimum Gasteiger partial charge on any atom is -0.361 e. The van der Waals surface area contributed by atoms with E-state index in [1.165, 1.54) is 24.4 Å². The molecule has 2 aromatic carbocycles. The molecular weight excluding hydrogens is 466 g/mol. The molecule has 166 valence electrons. The van der Waals surface area contributed by atoms with Crippen LogP contribution in [-0.4, -0.2) is 28.4 Å². The number of benzene rings is 2. The van der Waals surface area contributed by atoms with Crippen molar-refractivity contribution in [2.75, 3.05) is 4.72 Å². The smallest absolute Gasteiger partial charge is 0.314 e. The van der Waals surface area contributed by atoms with Crippen LogP contribution in [0.25, 0.3) is 33.2 Å². The third-order valence-corrected chi connectivity index (χ3v) is 7.04. The van der Waals surface area contributed by atoms with Gasteiger partial charge in [-0.2, -0.15) is 0 Å². The van der Waals surface area contributed by atoms with Gasteiger partial charge in [0, 0.05) is 17.3 Å². The van der Waals surface area contributed by atoms with Crippen LogP contribution in [0.4, 0.5) is 5.69 Å². The van der Waals surface area contributed by atoms with Crippen LogP contribution in [0.3, 0.4) is 0 Å². The molecule has 5 rings (SSSR count). The maximum absolute atomic E-state index is 13.1. The number of aryl methyl sites for hydroxylation is 1. The van der Waals surface area contributed by atoms with Gasteiger partial charge in [0.25, 0.3) is 10.0 Å². The molecule has 0 radical (unpaired) electrons. The first-order chi connectivity index (χ1) is 15.7. The van der Waals surface area contributed by atoms with Crippen molar-refractivity contribution in [2.24, 2.45) is 0 Å². The van der Waals surface area contributed by atoms with Crippen LogP contribution in [-0.2, 0) is 10.0 Å². The molecule has 0 unspecified atom stereocenters. The molecule has 0 saturated heterocycles. The highest BCUT2D eigenvalue weighted by atomic mass is 35.5. The maximum Gasteiger partial charge on any atom is 0.314 e. The van der Waals surface area contributed by atoms with E-state index in [0.29, 0.717) is 16.8 Å². The fraction of sp³-hybridized carbons (Fsp3) is 0.0455. The van der Waals surface area contributed by atoms with E-state index in [4.69, 9.17) is 11.6 Å². The van der Waals surface area contributed by atoms with Crippen molar-refractivity contribution in [3.8, 4) is 11.3 Å². The summed E-state index contributed by atoms with van der Waals surface area (Å²) in [5.74, 6) is 0. The molecule has 0 aliphatic carbocycles. The number of fused-ring (bicyclic) bond motifs is 2. The molecule has 0 spiro atoms. The molecule has 0 amide bonds. The largest absolute Gasteiger partial charge is 0.361 e. The summed E-state index contributed by atoms with van der Waals surface area (Å²) in [6.07, 6.45) is 3.22. The Morgan fingerprint density at radius 1 is 0.939 bits per heavy atom. The summed E-state index contributed by atoms with van der Waals surface area (Å²) >= 11 is 6.42. The second-order valence-electron chi connectivity index (χ2n) is 7.51. The molecule has 0 fully saturated rings. The number of rotatable bonds is 4. The van der Waals surface area contributed by atoms with Gasteiger partial charge in [-0.1, -0.05) is 23.7 Å². The van der Waals surface area contributed by atoms with E-state index in [1.54, 1.807) is 6.92 Å². The summed E-state index contributed by atoms with van der Waals surface area (Å²) in [7, 11) is -4.04. The summed E-state index contributed by atoms with van der Waals surface area (Å²) in [4.78, 5) is 35.4. The van der Waals surface area contributed by atoms with E-state index < -0.39 is 21.1 Å². The van der Waals surface area contributed by atoms with Gasteiger partial charge in [0.2, 0.25) is 0 Å². The molecule has 0 bridgehead atoms. The summed E-state index contributed by atoms with van der Waals surface area (Å²) in [5.41, 5.74) is 1.62. The van der Waals surface area contributed by atoms with E-state index in [2.05, 4.69) is 24.7 Å². The summed E-state index contributed by atoms with van der Waals surface area (Å²) in [5, 5.41) is 1.33. The first-order valence-corrected chi connectivity index (χ1v) is 11.6. The van der Waals surface area contributed by atoms with Crippen molar-refractivity contribution in [3.63, 3.8) is 0 Å². The van der Waals surface area contributed by atoms with Crippen LogP contribution in [0.2, 0.25) is 5.02 Å². The monoisotopic (exact) mass is 481 g/mol. The number of H-pyrrole nitrogens is 3. The molecule has 33 heavy (non-hydrogen) atoms. The van der Waals surface area contributed by atoms with Gasteiger partial charge in [0.15, 0.2) is 0 Å². The lowest BCUT2D eigenvalue weighted by Gasteiger charge is -2.12. The van der Waals surface area contributed by atoms with Crippen LogP contribution in [0.15, 0.2) is 69.3 Å². The first-order valence-electron chi connectivity index (χ1n) is 9.74. The summed E-state index contributed by atoms with van der Waals surface area (Å²) in [6.45, 7) is 1.59. The zero-order chi connectivity index (χ0) is 23.3. The maximum atomic E-state index is 13.1. The van der Waals surface area contributed by atoms with Crippen molar-refractivity contribution in [1.82, 2.24) is 19.9 Å². The van der Waals surface area contributed by atoms with E-state index >= 15 is 0 Å². The van der Waals surface area contributed by atoms with Crippen molar-refractivity contribution in [2.45, 2.75) is 11.8 Å². The number of hydrogen-bond acceptors (Lipinski definition) is 5. The number of aromatic amines is 3. The Balaban J connectivity index is 1.50. The highest BCUT2D eigenvalue weighted by Crippen LogP contribution is 2.31. The number of anilines is 1. The number of nitrogens with one attached hydrogen (secondary N) is 4. The van der Waals surface area contributed by atoms with Crippen LogP contribution in [0.1, 0.15) is 5.56 Å². The van der Waals surface area contributed by atoms with Gasteiger partial charge in [0.05, 0.1) is 38.5 Å². The topological polar surface area (TPSA) is 141 Å². The lowest BCUT2D eigenvalue weighted by Crippen LogP contribution is -2.29. The van der Waals surface area contributed by atoms with Gasteiger partial charge in [-0.15, -0.1) is 0 Å². The predicted octanol–water partition coefficient (Wildman–Crippen LogP) is 3.52. The normalized spacial score (nSPS) is 11.8. The number of pyridine rings is 1. The average Bonchev–Trinajstić information content (AvgIpc) is 3.22. The Labute approximate surface area is 191 Å². The second-order valence-corrected chi connectivity index (χ2v) is 9.57. The van der Waals surface area contributed by atoms with Crippen LogP contribution in [0, 0.1) is 6.92 Å². The van der Waals surface area contributed by atoms with Crippen molar-refractivity contribution >= 4 is 49.2 Å². The molecule has 11 heteroatoms. The van der Waals surface area contributed by atoms with E-state index in [-0.39, 0.29) is 21.1 Å². The van der Waals surface area contributed by atoms with Gasteiger partial charge in [0.1, 0.15) is 0 Å². The van der Waals surface area contributed by atoms with E-state index in [9.17, 15) is 18.0 Å². The second kappa shape index (κ2) is 7.61. The van der Waals surface area contributed by atoms with Crippen molar-refractivity contribution in [1.29, 1.82) is 0 Å². The Hall–Kier alpha value is -3.89. The van der Waals surface area contributed by atoms with Gasteiger partial charge in [-0.05, 0) is 48.2 Å². The lowest BCUT2D eigenvalue weighted by atomic mass is 10.1. The Morgan fingerprint density at radius 2 is 1.67 bits per heavy atom. The van der Waals surface area contributed by atoms with Gasteiger partial charge in [-0.3, -0.25) is 19.3 Å². The molecule has 0 aliphatic heterocycles. The zero-order valence-corrected chi connectivity index (χ0v) is 18.6. The van der Waals surface area contributed by atoms with Crippen LogP contribution >= 0.6 is 11.6 Å². The minimum absolute atomic E-state index is 0.0601. The Kier molecular flexibility index (Phi) is 4.84. The Bertz CT molecular complexity index is 1790. The van der Waals surface area contributed by atoms with Gasteiger partial charge in [-0.25, -0.2) is 8.42 Å². The molecule has 3 heterocycles. The fourth-order valence-corrected chi connectivity index (χ4v) is 5.22. The van der Waals surface area contributed by atoms with E-state index in [1.807, 2.05) is 30.5 Å². The zero-order valence-electron chi connectivity index (χ0n) is 17.1. The highest BCUT2D eigenvalue weighted by Gasteiger charge is 2.20. The summed E-state index contributed by atoms with van der Waals surface area (Å²) in [6, 6.07) is 11.9. The number of sulfonamides is 1. The van der Waals surface area contributed by atoms with Gasteiger partial charge < -0.3 is 15.0 Å². The summed E-state index contributed by atoms with van der Waals surface area (Å²) < 4.78 is 28.6. The minimum atomic E-state index is -4.04. The molecule has 0 atom stereocenters. The molecule has 5 aromatic rings. The lowest BCUT2D eigenvalue weighted by molar-refractivity contribution is 0.600. The third kappa shape index (κ3) is 3.79. The fourth-order valence-electron chi connectivity index (χ4n) is 3.65. The number of aromatic nitrogens is 4. The number of nitrogens with zero attached hydrogens (tertiary/aromatic N) is 1. The van der Waals surface area contributed by atoms with Gasteiger partial charge >= 0.3 is 11.1 Å². The highest BCUT2D eigenvalue weighted by molar-refractivity contribution is 7.92. The number of halogens is 1. The molecule has 0 saturated carbocycles. The molecular formula is C22H16ClN5O4S. The first kappa shape index (κ1) is 21.0. The molecule has 3 aromatic heterocycles. The SMILES string of the molecule is Cc1cc2[nH]c(=O)c(=O)[nH]c2cc1S(=O)(=O)Nc1cnc(-c2ccc3cc[nH]c3c2)c(Cl)c1. The van der Waals surface area contributed by atoms with Crippen molar-refractivity contribution in [3.05, 3.63) is 86.2 Å². The average molecular weight is 482 g/mol. The number of hydrogen-bond donors (Lipinski definition) is 4. The quantitative estimate of drug-likeness (QED) is 0.291. The molecule has 4 N–H and O–H groups in total. The predicted molar refractivity (Wildman–Crippen MR) is 127 cm³/mol. The van der Waals surface area contributed by atoms with Crippen LogP contribution in [0.5, 0.6) is 0 Å². The van der Waals surface area contributed by atoms with Crippen molar-refractivity contribution < 1.29 is 8.42 Å². The third-order valence-electron chi connectivity index (χ3n) is 5.23. The Morgan fingerprint density at radius 3 is 2.39 bits per heavy atom. The van der Waals surface area contributed by atoms with E-state index in [0.717, 1.165) is 16.5 Å². The van der Waals surface area contributed by atoms with Crippen LogP contribution < -0.4 is 15.8 Å². The molecule has 0 aliphatic rings. The standard InChI is InChI=1S/C22H16ClN5O4S/c1-11-6-17-18(27-22(30)21(29)26-17)9-19(11)33(31,32)28-14-8-15(23)20(25-10-14)13-3-2-12-4-5-24-16(12)7-13/h2-10,24,28H,1H3,(H,26,29)(H,27,30). The molecule has 9 nitrogen and oxygen atoms in total.